The fourth-order valence-corrected chi connectivity index (χ4v) is 2.17. The smallest absolute Gasteiger partial charge is 0.151 e. The molecule has 0 saturated heterocycles. The minimum atomic E-state index is -2.77. The van der Waals surface area contributed by atoms with E-state index in [1.807, 2.05) is 6.92 Å². The Kier molecular flexibility index (Phi) is 5.50. The van der Waals surface area contributed by atoms with Crippen LogP contribution >= 0.6 is 0 Å². The fourth-order valence-electron chi connectivity index (χ4n) is 0.724. The Hall–Kier alpha value is -0.0900. The highest BCUT2D eigenvalue weighted by Gasteiger charge is 2.07. The van der Waals surface area contributed by atoms with E-state index in [0.717, 1.165) is 12.8 Å². The van der Waals surface area contributed by atoms with Crippen molar-refractivity contribution in [1.29, 1.82) is 0 Å². The van der Waals surface area contributed by atoms with Crippen LogP contribution in [0.15, 0.2) is 0 Å². The molecular weight excluding hydrogens is 162 g/mol. The number of hydrogen-bond donors (Lipinski definition) is 1. The molecule has 0 radical (unpaired) electrons. The highest BCUT2D eigenvalue weighted by molar-refractivity contribution is 7.91. The molecule has 0 aliphatic rings. The van der Waals surface area contributed by atoms with E-state index in [0.29, 0.717) is 12.3 Å². The van der Waals surface area contributed by atoms with Crippen molar-refractivity contribution >= 4 is 9.84 Å². The average molecular weight is 179 g/mol. The summed E-state index contributed by atoms with van der Waals surface area (Å²) in [6.07, 6.45) is 1.73. The molecule has 3 nitrogen and oxygen atoms in total. The van der Waals surface area contributed by atoms with Crippen LogP contribution in [0.2, 0.25) is 0 Å². The highest BCUT2D eigenvalue weighted by atomic mass is 32.2. The van der Waals surface area contributed by atoms with Gasteiger partial charge in [-0.2, -0.15) is 0 Å². The lowest BCUT2D eigenvalue weighted by Crippen LogP contribution is -2.21. The van der Waals surface area contributed by atoms with Crippen LogP contribution in [0, 0.1) is 0 Å². The van der Waals surface area contributed by atoms with Crippen molar-refractivity contribution in [2.24, 2.45) is 0 Å². The second-order valence-electron chi connectivity index (χ2n) is 2.61. The summed E-state index contributed by atoms with van der Waals surface area (Å²) in [5.74, 6) is 0.606. The van der Waals surface area contributed by atoms with Crippen molar-refractivity contribution in [2.45, 2.75) is 19.8 Å². The number of unbranched alkanes of at least 4 members (excludes halogenated alkanes) is 1. The Labute approximate surface area is 69.1 Å². The summed E-state index contributed by atoms with van der Waals surface area (Å²) in [7, 11) is -1.01. The van der Waals surface area contributed by atoms with Crippen LogP contribution in [0.4, 0.5) is 0 Å². The molecule has 0 unspecified atom stereocenters. The van der Waals surface area contributed by atoms with Crippen molar-refractivity contribution in [3.8, 4) is 0 Å². The van der Waals surface area contributed by atoms with Crippen LogP contribution < -0.4 is 5.32 Å². The zero-order valence-corrected chi connectivity index (χ0v) is 8.08. The van der Waals surface area contributed by atoms with Crippen LogP contribution in [-0.4, -0.2) is 33.5 Å². The molecule has 0 saturated carbocycles. The number of hydrogen-bond acceptors (Lipinski definition) is 3. The SMILES string of the molecule is CCCCS(=O)(=O)CCNC. The molecule has 0 aliphatic carbocycles. The molecule has 0 amide bonds. The molecule has 4 heteroatoms. The van der Waals surface area contributed by atoms with Crippen molar-refractivity contribution in [3.05, 3.63) is 0 Å². The summed E-state index contributed by atoms with van der Waals surface area (Å²) >= 11 is 0. The van der Waals surface area contributed by atoms with Crippen LogP contribution in [-0.2, 0) is 9.84 Å². The van der Waals surface area contributed by atoms with Gasteiger partial charge in [-0.15, -0.1) is 0 Å². The van der Waals surface area contributed by atoms with Gasteiger partial charge in [-0.3, -0.25) is 0 Å². The maximum Gasteiger partial charge on any atom is 0.151 e. The van der Waals surface area contributed by atoms with Crippen molar-refractivity contribution in [1.82, 2.24) is 5.32 Å². The Bertz CT molecular complexity index is 161. The van der Waals surface area contributed by atoms with Gasteiger partial charge in [0.05, 0.1) is 11.5 Å². The lowest BCUT2D eigenvalue weighted by molar-refractivity contribution is 0.590. The summed E-state index contributed by atoms with van der Waals surface area (Å²) in [5, 5.41) is 2.82. The van der Waals surface area contributed by atoms with E-state index in [9.17, 15) is 8.42 Å². The number of sulfone groups is 1. The molecule has 0 spiro atoms. The highest BCUT2D eigenvalue weighted by Crippen LogP contribution is 1.95. The lowest BCUT2D eigenvalue weighted by atomic mass is 10.4. The Morgan fingerprint density at radius 2 is 1.91 bits per heavy atom. The molecule has 1 N–H and O–H groups in total. The van der Waals surface area contributed by atoms with Gasteiger partial charge in [-0.1, -0.05) is 13.3 Å². The minimum Gasteiger partial charge on any atom is -0.319 e. The molecule has 0 atom stereocenters. The standard InChI is InChI=1S/C7H17NO2S/c1-3-4-6-11(9,10)7-5-8-2/h8H,3-7H2,1-2H3. The molecule has 68 valence electrons. The quantitative estimate of drug-likeness (QED) is 0.643. The van der Waals surface area contributed by atoms with E-state index >= 15 is 0 Å². The summed E-state index contributed by atoms with van der Waals surface area (Å²) in [6.45, 7) is 2.56. The Morgan fingerprint density at radius 3 is 2.36 bits per heavy atom. The van der Waals surface area contributed by atoms with Crippen LogP contribution in [0.5, 0.6) is 0 Å². The van der Waals surface area contributed by atoms with Crippen molar-refractivity contribution < 1.29 is 8.42 Å². The molecule has 0 aliphatic heterocycles. The van der Waals surface area contributed by atoms with Crippen LogP contribution in [0.1, 0.15) is 19.8 Å². The first-order valence-electron chi connectivity index (χ1n) is 3.97. The first-order valence-corrected chi connectivity index (χ1v) is 5.79. The molecule has 0 aromatic rings. The molecule has 0 heterocycles. The average Bonchev–Trinajstić information content (AvgIpc) is 1.97. The van der Waals surface area contributed by atoms with Crippen LogP contribution in [0.25, 0.3) is 0 Å². The summed E-state index contributed by atoms with van der Waals surface area (Å²) in [6, 6.07) is 0. The summed E-state index contributed by atoms with van der Waals surface area (Å²) in [5.41, 5.74) is 0. The fraction of sp³-hybridized carbons (Fsp3) is 1.00. The van der Waals surface area contributed by atoms with Gasteiger partial charge in [-0.25, -0.2) is 8.42 Å². The van der Waals surface area contributed by atoms with Crippen molar-refractivity contribution in [3.63, 3.8) is 0 Å². The van der Waals surface area contributed by atoms with E-state index in [4.69, 9.17) is 0 Å². The molecular formula is C7H17NO2S. The summed E-state index contributed by atoms with van der Waals surface area (Å²) in [4.78, 5) is 0. The van der Waals surface area contributed by atoms with E-state index in [-0.39, 0.29) is 5.75 Å². The topological polar surface area (TPSA) is 46.2 Å². The van der Waals surface area contributed by atoms with Gasteiger partial charge >= 0.3 is 0 Å². The maximum absolute atomic E-state index is 11.1. The first kappa shape index (κ1) is 10.9. The monoisotopic (exact) mass is 179 g/mol. The van der Waals surface area contributed by atoms with E-state index in [1.165, 1.54) is 0 Å². The number of rotatable bonds is 6. The molecule has 0 bridgehead atoms. The normalized spacial score (nSPS) is 11.8. The zero-order valence-electron chi connectivity index (χ0n) is 7.26. The van der Waals surface area contributed by atoms with E-state index in [2.05, 4.69) is 5.32 Å². The lowest BCUT2D eigenvalue weighted by Gasteiger charge is -2.01. The molecule has 0 rings (SSSR count). The van der Waals surface area contributed by atoms with Gasteiger partial charge in [0.1, 0.15) is 0 Å². The molecule has 11 heavy (non-hydrogen) atoms. The third kappa shape index (κ3) is 6.31. The van der Waals surface area contributed by atoms with Crippen LogP contribution in [0.3, 0.4) is 0 Å². The van der Waals surface area contributed by atoms with Gasteiger partial charge in [0.15, 0.2) is 9.84 Å². The largest absolute Gasteiger partial charge is 0.319 e. The predicted octanol–water partition coefficient (Wildman–Crippen LogP) is 0.421. The molecule has 0 aromatic heterocycles. The molecule has 0 aromatic carbocycles. The van der Waals surface area contributed by atoms with Gasteiger partial charge < -0.3 is 5.32 Å². The van der Waals surface area contributed by atoms with Gasteiger partial charge in [0.2, 0.25) is 0 Å². The van der Waals surface area contributed by atoms with E-state index < -0.39 is 9.84 Å². The third-order valence-electron chi connectivity index (χ3n) is 1.47. The van der Waals surface area contributed by atoms with Gasteiger partial charge in [0, 0.05) is 6.54 Å². The Morgan fingerprint density at radius 1 is 1.27 bits per heavy atom. The van der Waals surface area contributed by atoms with E-state index in [1.54, 1.807) is 7.05 Å². The first-order chi connectivity index (χ1) is 5.12. The van der Waals surface area contributed by atoms with Crippen molar-refractivity contribution in [2.75, 3.05) is 25.1 Å². The number of nitrogens with one attached hydrogen (secondary N) is 1. The third-order valence-corrected chi connectivity index (χ3v) is 3.21. The second-order valence-corrected chi connectivity index (χ2v) is 4.91. The Balaban J connectivity index is 3.63. The molecule has 0 fully saturated rings. The van der Waals surface area contributed by atoms with Gasteiger partial charge in [-0.05, 0) is 13.5 Å². The zero-order chi connectivity index (χ0) is 8.74. The van der Waals surface area contributed by atoms with Gasteiger partial charge in [0.25, 0.3) is 0 Å². The maximum atomic E-state index is 11.1. The minimum absolute atomic E-state index is 0.267. The predicted molar refractivity (Wildman–Crippen MR) is 47.5 cm³/mol. The summed E-state index contributed by atoms with van der Waals surface area (Å²) < 4.78 is 22.2. The second kappa shape index (κ2) is 5.55.